The third kappa shape index (κ3) is 3.18. The van der Waals surface area contributed by atoms with Crippen LogP contribution in [0.5, 0.6) is 5.75 Å². The number of carboxylic acid groups (broad SMARTS) is 1. The van der Waals surface area contributed by atoms with E-state index in [0.29, 0.717) is 0 Å². The van der Waals surface area contributed by atoms with Crippen molar-refractivity contribution < 1.29 is 27.8 Å². The molecule has 0 saturated heterocycles. The topological polar surface area (TPSA) is 59.4 Å². The van der Waals surface area contributed by atoms with E-state index in [1.807, 2.05) is 0 Å². The Bertz CT molecular complexity index is 669. The summed E-state index contributed by atoms with van der Waals surface area (Å²) in [5.74, 6) is -3.19. The summed E-state index contributed by atoms with van der Waals surface area (Å²) in [5.41, 5.74) is -0.200. The van der Waals surface area contributed by atoms with Crippen molar-refractivity contribution in [1.29, 1.82) is 0 Å². The molecule has 2 aromatic rings. The van der Waals surface area contributed by atoms with Gasteiger partial charge < -0.3 is 9.84 Å². The molecule has 0 aliphatic carbocycles. The molecule has 9 heteroatoms. The van der Waals surface area contributed by atoms with Gasteiger partial charge >= 0.3 is 31.4 Å². The molecule has 1 heterocycles. The molecule has 102 valence electrons. The Morgan fingerprint density at radius 1 is 1.40 bits per heavy atom. The Labute approximate surface area is 127 Å². The van der Waals surface area contributed by atoms with Crippen molar-refractivity contribution in [1.82, 2.24) is 4.98 Å². The second-order valence-electron chi connectivity index (χ2n) is 3.48. The summed E-state index contributed by atoms with van der Waals surface area (Å²) >= 11 is 5.71. The standard InChI is InChI=1S/C11H5ClF3NO3.Li.H/c12-7-8-4(1-5(3-16-8)10(17)18)2-6(13)9(7)19-11(14)15;;/h1-3,11H,(H,17,18);;. The van der Waals surface area contributed by atoms with Crippen LogP contribution in [0.25, 0.3) is 10.9 Å². The fourth-order valence-electron chi connectivity index (χ4n) is 1.50. The molecule has 0 aliphatic rings. The van der Waals surface area contributed by atoms with E-state index in [4.69, 9.17) is 16.7 Å². The zero-order chi connectivity index (χ0) is 14.2. The molecule has 1 aromatic heterocycles. The van der Waals surface area contributed by atoms with Crippen molar-refractivity contribution in [3.8, 4) is 5.75 Å². The van der Waals surface area contributed by atoms with Crippen LogP contribution in [0.1, 0.15) is 10.4 Å². The maximum atomic E-state index is 13.6. The molecule has 0 fully saturated rings. The second-order valence-corrected chi connectivity index (χ2v) is 3.86. The molecule has 0 saturated carbocycles. The average Bonchev–Trinajstić information content (AvgIpc) is 2.33. The number of benzene rings is 1. The Hall–Kier alpha value is -1.42. The van der Waals surface area contributed by atoms with Gasteiger partial charge in [0.2, 0.25) is 0 Å². The number of hydrogen-bond donors (Lipinski definition) is 1. The first-order chi connectivity index (χ1) is 8.90. The maximum absolute atomic E-state index is 13.6. The van der Waals surface area contributed by atoms with Gasteiger partial charge in [0.15, 0.2) is 11.6 Å². The second kappa shape index (κ2) is 6.35. The van der Waals surface area contributed by atoms with Gasteiger partial charge in [0, 0.05) is 11.6 Å². The van der Waals surface area contributed by atoms with E-state index in [1.54, 1.807) is 0 Å². The van der Waals surface area contributed by atoms with E-state index in [-0.39, 0.29) is 35.3 Å². The molecule has 4 nitrogen and oxygen atoms in total. The van der Waals surface area contributed by atoms with E-state index in [0.717, 1.165) is 18.3 Å². The van der Waals surface area contributed by atoms with E-state index in [9.17, 15) is 18.0 Å². The van der Waals surface area contributed by atoms with Crippen LogP contribution in [-0.2, 0) is 0 Å². The fourth-order valence-corrected chi connectivity index (χ4v) is 1.80. The first kappa shape index (κ1) is 16.6. The van der Waals surface area contributed by atoms with Crippen LogP contribution in [0.15, 0.2) is 18.3 Å². The van der Waals surface area contributed by atoms with Crippen LogP contribution in [0.4, 0.5) is 13.2 Å². The van der Waals surface area contributed by atoms with Crippen LogP contribution >= 0.6 is 11.6 Å². The van der Waals surface area contributed by atoms with E-state index < -0.39 is 29.2 Å². The number of aromatic nitrogens is 1. The Kier molecular flexibility index (Phi) is 5.28. The van der Waals surface area contributed by atoms with Gasteiger partial charge in [-0.2, -0.15) is 8.78 Å². The number of aromatic carboxylic acids is 1. The summed E-state index contributed by atoms with van der Waals surface area (Å²) in [6.45, 7) is -3.23. The summed E-state index contributed by atoms with van der Waals surface area (Å²) in [6.07, 6.45) is 0.987. The average molecular weight is 300 g/mol. The van der Waals surface area contributed by atoms with Gasteiger partial charge in [-0.1, -0.05) is 11.6 Å². The number of nitrogens with zero attached hydrogens (tertiary/aromatic N) is 1. The first-order valence-corrected chi connectivity index (χ1v) is 5.24. The van der Waals surface area contributed by atoms with Crippen molar-refractivity contribution in [3.05, 3.63) is 34.7 Å². The third-order valence-corrected chi connectivity index (χ3v) is 2.63. The molecular weight excluding hydrogens is 294 g/mol. The molecule has 2 rings (SSSR count). The van der Waals surface area contributed by atoms with E-state index in [1.165, 1.54) is 0 Å². The summed E-state index contributed by atoms with van der Waals surface area (Å²) in [5, 5.41) is 8.40. The predicted molar refractivity (Wildman–Crippen MR) is 67.5 cm³/mol. The summed E-state index contributed by atoms with van der Waals surface area (Å²) < 4.78 is 41.7. The molecule has 0 atom stereocenters. The van der Waals surface area contributed by atoms with Gasteiger partial charge in [0.25, 0.3) is 0 Å². The summed E-state index contributed by atoms with van der Waals surface area (Å²) in [6, 6.07) is 1.96. The van der Waals surface area contributed by atoms with E-state index in [2.05, 4.69) is 9.72 Å². The number of carbonyl (C=O) groups is 1. The quantitative estimate of drug-likeness (QED) is 0.885. The molecular formula is C11H6ClF3LiNO3. The number of carboxylic acids is 1. The Balaban J connectivity index is 0.00000200. The number of ether oxygens (including phenoxy) is 1. The van der Waals surface area contributed by atoms with Crippen molar-refractivity contribution in [2.24, 2.45) is 0 Å². The molecule has 0 aliphatic heterocycles. The third-order valence-electron chi connectivity index (χ3n) is 2.28. The van der Waals surface area contributed by atoms with Crippen molar-refractivity contribution in [3.63, 3.8) is 0 Å². The number of halogens is 4. The zero-order valence-corrected chi connectivity index (χ0v) is 9.79. The van der Waals surface area contributed by atoms with Crippen molar-refractivity contribution in [2.45, 2.75) is 6.61 Å². The number of rotatable bonds is 3. The van der Waals surface area contributed by atoms with Crippen LogP contribution in [0.3, 0.4) is 0 Å². The molecule has 1 aromatic carbocycles. The van der Waals surface area contributed by atoms with Gasteiger partial charge in [-0.15, -0.1) is 0 Å². The number of pyridine rings is 1. The molecule has 20 heavy (non-hydrogen) atoms. The molecule has 0 bridgehead atoms. The van der Waals surface area contributed by atoms with Gasteiger partial charge in [-0.3, -0.25) is 4.98 Å². The molecule has 0 radical (unpaired) electrons. The van der Waals surface area contributed by atoms with Gasteiger partial charge in [-0.05, 0) is 12.1 Å². The van der Waals surface area contributed by atoms with Crippen molar-refractivity contribution >= 4 is 47.3 Å². The Morgan fingerprint density at radius 2 is 2.05 bits per heavy atom. The first-order valence-electron chi connectivity index (χ1n) is 4.86. The zero-order valence-electron chi connectivity index (χ0n) is 9.03. The van der Waals surface area contributed by atoms with Gasteiger partial charge in [0.05, 0.1) is 11.1 Å². The fraction of sp³-hybridized carbons (Fsp3) is 0.0909. The van der Waals surface area contributed by atoms with Crippen LogP contribution in [-0.4, -0.2) is 41.5 Å². The summed E-state index contributed by atoms with van der Waals surface area (Å²) in [7, 11) is 0. The summed E-state index contributed by atoms with van der Waals surface area (Å²) in [4.78, 5) is 14.4. The van der Waals surface area contributed by atoms with E-state index >= 15 is 0 Å². The van der Waals surface area contributed by atoms with Crippen LogP contribution < -0.4 is 4.74 Å². The normalized spacial score (nSPS) is 10.4. The predicted octanol–water partition coefficient (Wildman–Crippen LogP) is 2.68. The number of hydrogen-bond acceptors (Lipinski definition) is 3. The number of alkyl halides is 2. The van der Waals surface area contributed by atoms with Gasteiger partial charge in [0.1, 0.15) is 5.02 Å². The van der Waals surface area contributed by atoms with Gasteiger partial charge in [-0.25, -0.2) is 9.18 Å². The SMILES string of the molecule is O=C(O)c1cnc2c(Cl)c(OC(F)F)c(F)cc2c1.[LiH]. The Morgan fingerprint density at radius 3 is 2.60 bits per heavy atom. The van der Waals surface area contributed by atoms with Crippen LogP contribution in [0.2, 0.25) is 5.02 Å². The van der Waals surface area contributed by atoms with Crippen molar-refractivity contribution in [2.75, 3.05) is 0 Å². The minimum absolute atomic E-state index is 0. The molecule has 1 N–H and O–H groups in total. The monoisotopic (exact) mass is 299 g/mol. The molecule has 0 unspecified atom stereocenters. The minimum atomic E-state index is -3.23. The number of fused-ring (bicyclic) bond motifs is 1. The molecule has 0 amide bonds. The van der Waals surface area contributed by atoms with Crippen LogP contribution in [0, 0.1) is 5.82 Å². The molecule has 0 spiro atoms.